The fourth-order valence-electron chi connectivity index (χ4n) is 3.40. The van der Waals surface area contributed by atoms with Crippen molar-refractivity contribution < 1.29 is 9.53 Å². The van der Waals surface area contributed by atoms with Crippen molar-refractivity contribution in [1.82, 2.24) is 9.88 Å². The summed E-state index contributed by atoms with van der Waals surface area (Å²) in [5, 5.41) is 0.879. The smallest absolute Gasteiger partial charge is 0.266 e. The minimum Gasteiger partial charge on any atom is -0.381 e. The van der Waals surface area contributed by atoms with Gasteiger partial charge in [-0.1, -0.05) is 60.7 Å². The number of benzene rings is 2. The molecule has 2 aromatic carbocycles. The SMILES string of the molecule is COC1CCN(C(=O)c2sc(-c3ccccc3)nc2-c2ccccc2)CC1. The lowest BCUT2D eigenvalue weighted by molar-refractivity contribution is 0.0353. The first-order valence-corrected chi connectivity index (χ1v) is 10.0. The molecule has 0 unspecified atom stereocenters. The second-order valence-corrected chi connectivity index (χ2v) is 7.66. The Kier molecular flexibility index (Phi) is 5.32. The number of methoxy groups -OCH3 is 1. The first kappa shape index (κ1) is 17.9. The number of hydrogen-bond donors (Lipinski definition) is 0. The first-order valence-electron chi connectivity index (χ1n) is 9.20. The molecule has 1 aliphatic heterocycles. The van der Waals surface area contributed by atoms with E-state index in [1.807, 2.05) is 65.6 Å². The summed E-state index contributed by atoms with van der Waals surface area (Å²) in [7, 11) is 1.74. The van der Waals surface area contributed by atoms with Gasteiger partial charge in [0.15, 0.2) is 0 Å². The van der Waals surface area contributed by atoms with Gasteiger partial charge in [-0.3, -0.25) is 4.79 Å². The van der Waals surface area contributed by atoms with E-state index in [1.165, 1.54) is 11.3 Å². The van der Waals surface area contributed by atoms with Crippen LogP contribution in [0.15, 0.2) is 60.7 Å². The van der Waals surface area contributed by atoms with Crippen molar-refractivity contribution in [1.29, 1.82) is 0 Å². The quantitative estimate of drug-likeness (QED) is 0.659. The van der Waals surface area contributed by atoms with Crippen LogP contribution in [0.25, 0.3) is 21.8 Å². The summed E-state index contributed by atoms with van der Waals surface area (Å²) in [6.45, 7) is 1.45. The molecule has 0 aliphatic carbocycles. The van der Waals surface area contributed by atoms with Gasteiger partial charge in [0.05, 0.1) is 11.8 Å². The van der Waals surface area contributed by atoms with Crippen LogP contribution in [0.1, 0.15) is 22.5 Å². The molecule has 0 spiro atoms. The normalized spacial score (nSPS) is 15.1. The van der Waals surface area contributed by atoms with Crippen molar-refractivity contribution >= 4 is 17.2 Å². The Labute approximate surface area is 163 Å². The summed E-state index contributed by atoms with van der Waals surface area (Å²) < 4.78 is 5.43. The highest BCUT2D eigenvalue weighted by atomic mass is 32.1. The number of likely N-dealkylation sites (tertiary alicyclic amines) is 1. The molecule has 0 N–H and O–H groups in total. The molecular formula is C22H22N2O2S. The average molecular weight is 378 g/mol. The molecule has 1 aliphatic rings. The molecule has 1 aromatic heterocycles. The number of carbonyl (C=O) groups excluding carboxylic acids is 1. The third-order valence-corrected chi connectivity index (χ3v) is 6.04. The maximum absolute atomic E-state index is 13.3. The molecule has 0 radical (unpaired) electrons. The van der Waals surface area contributed by atoms with Crippen LogP contribution in [0.4, 0.5) is 0 Å². The summed E-state index contributed by atoms with van der Waals surface area (Å²) in [4.78, 5) is 20.8. The number of rotatable bonds is 4. The number of carbonyl (C=O) groups is 1. The van der Waals surface area contributed by atoms with Crippen LogP contribution >= 0.6 is 11.3 Å². The number of thiazole rings is 1. The Balaban J connectivity index is 1.70. The molecule has 0 bridgehead atoms. The van der Waals surface area contributed by atoms with E-state index < -0.39 is 0 Å². The van der Waals surface area contributed by atoms with Gasteiger partial charge < -0.3 is 9.64 Å². The topological polar surface area (TPSA) is 42.4 Å². The maximum atomic E-state index is 13.3. The molecule has 3 aromatic rings. The summed E-state index contributed by atoms with van der Waals surface area (Å²) in [5.74, 6) is 0.0723. The number of amides is 1. The predicted octanol–water partition coefficient (Wildman–Crippen LogP) is 4.73. The van der Waals surface area contributed by atoms with Crippen LogP contribution in [-0.2, 0) is 4.74 Å². The highest BCUT2D eigenvalue weighted by molar-refractivity contribution is 7.17. The van der Waals surface area contributed by atoms with Gasteiger partial charge >= 0.3 is 0 Å². The summed E-state index contributed by atoms with van der Waals surface area (Å²) in [5.41, 5.74) is 2.79. The number of hydrogen-bond acceptors (Lipinski definition) is 4. The van der Waals surface area contributed by atoms with Crippen molar-refractivity contribution in [2.24, 2.45) is 0 Å². The van der Waals surface area contributed by atoms with E-state index in [2.05, 4.69) is 0 Å². The fraction of sp³-hybridized carbons (Fsp3) is 0.273. The summed E-state index contributed by atoms with van der Waals surface area (Å²) >= 11 is 1.48. The maximum Gasteiger partial charge on any atom is 0.266 e. The lowest BCUT2D eigenvalue weighted by Crippen LogP contribution is -2.40. The molecule has 5 heteroatoms. The van der Waals surface area contributed by atoms with Gasteiger partial charge in [-0.25, -0.2) is 4.98 Å². The van der Waals surface area contributed by atoms with Crippen molar-refractivity contribution in [3.63, 3.8) is 0 Å². The highest BCUT2D eigenvalue weighted by Gasteiger charge is 2.28. The summed E-state index contributed by atoms with van der Waals surface area (Å²) in [6, 6.07) is 20.0. The zero-order valence-electron chi connectivity index (χ0n) is 15.3. The Bertz CT molecular complexity index is 901. The third kappa shape index (κ3) is 3.80. The molecule has 1 amide bonds. The molecule has 27 heavy (non-hydrogen) atoms. The average Bonchev–Trinajstić information content (AvgIpc) is 3.20. The monoisotopic (exact) mass is 378 g/mol. The van der Waals surface area contributed by atoms with Crippen molar-refractivity contribution in [3.05, 3.63) is 65.5 Å². The molecule has 2 heterocycles. The van der Waals surface area contributed by atoms with Gasteiger partial charge in [0.25, 0.3) is 5.91 Å². The third-order valence-electron chi connectivity index (χ3n) is 4.95. The zero-order chi connectivity index (χ0) is 18.6. The second-order valence-electron chi connectivity index (χ2n) is 6.66. The molecule has 138 valence electrons. The van der Waals surface area contributed by atoms with Gasteiger partial charge in [0.1, 0.15) is 9.88 Å². The lowest BCUT2D eigenvalue weighted by atomic mass is 10.1. The van der Waals surface area contributed by atoms with Crippen LogP contribution in [-0.4, -0.2) is 42.1 Å². The largest absolute Gasteiger partial charge is 0.381 e. The minimum absolute atomic E-state index is 0.0723. The fourth-order valence-corrected chi connectivity index (χ4v) is 4.46. The van der Waals surface area contributed by atoms with Crippen LogP contribution < -0.4 is 0 Å². The van der Waals surface area contributed by atoms with Gasteiger partial charge in [-0.05, 0) is 12.8 Å². The van der Waals surface area contributed by atoms with E-state index in [0.717, 1.165) is 52.6 Å². The molecule has 4 rings (SSSR count). The van der Waals surface area contributed by atoms with Crippen LogP contribution in [0, 0.1) is 0 Å². The van der Waals surface area contributed by atoms with E-state index in [0.29, 0.717) is 0 Å². The van der Waals surface area contributed by atoms with Gasteiger partial charge in [-0.15, -0.1) is 11.3 Å². The Morgan fingerprint density at radius 3 is 2.19 bits per heavy atom. The second kappa shape index (κ2) is 8.03. The van der Waals surface area contributed by atoms with E-state index in [-0.39, 0.29) is 12.0 Å². The van der Waals surface area contributed by atoms with Gasteiger partial charge in [0, 0.05) is 31.3 Å². The number of nitrogens with zero attached hydrogens (tertiary/aromatic N) is 2. The zero-order valence-corrected chi connectivity index (χ0v) is 16.1. The van der Waals surface area contributed by atoms with Crippen molar-refractivity contribution in [3.8, 4) is 21.8 Å². The first-order chi connectivity index (χ1) is 13.3. The van der Waals surface area contributed by atoms with Crippen LogP contribution in [0.5, 0.6) is 0 Å². The number of piperidine rings is 1. The van der Waals surface area contributed by atoms with E-state index in [9.17, 15) is 4.79 Å². The molecule has 4 nitrogen and oxygen atoms in total. The summed E-state index contributed by atoms with van der Waals surface area (Å²) in [6.07, 6.45) is 2.02. The van der Waals surface area contributed by atoms with Crippen LogP contribution in [0.3, 0.4) is 0 Å². The molecule has 0 atom stereocenters. The Morgan fingerprint density at radius 2 is 1.59 bits per heavy atom. The van der Waals surface area contributed by atoms with Gasteiger partial charge in [-0.2, -0.15) is 0 Å². The minimum atomic E-state index is 0.0723. The standard InChI is InChI=1S/C22H22N2O2S/c1-26-18-12-14-24(15-13-18)22(25)20-19(16-8-4-2-5-9-16)23-21(27-20)17-10-6-3-7-11-17/h2-11,18H,12-15H2,1H3. The Morgan fingerprint density at radius 1 is 1.00 bits per heavy atom. The van der Waals surface area contributed by atoms with E-state index in [1.54, 1.807) is 7.11 Å². The van der Waals surface area contributed by atoms with Gasteiger partial charge in [0.2, 0.25) is 0 Å². The predicted molar refractivity (Wildman–Crippen MR) is 109 cm³/mol. The van der Waals surface area contributed by atoms with Crippen molar-refractivity contribution in [2.45, 2.75) is 18.9 Å². The van der Waals surface area contributed by atoms with E-state index >= 15 is 0 Å². The van der Waals surface area contributed by atoms with Crippen molar-refractivity contribution in [2.75, 3.05) is 20.2 Å². The Hall–Kier alpha value is -2.50. The van der Waals surface area contributed by atoms with Crippen LogP contribution in [0.2, 0.25) is 0 Å². The number of ether oxygens (including phenoxy) is 1. The molecule has 1 fully saturated rings. The molecule has 0 saturated carbocycles. The number of aromatic nitrogens is 1. The lowest BCUT2D eigenvalue weighted by Gasteiger charge is -2.31. The highest BCUT2D eigenvalue weighted by Crippen LogP contribution is 2.35. The molecular weight excluding hydrogens is 356 g/mol. The van der Waals surface area contributed by atoms with E-state index in [4.69, 9.17) is 9.72 Å². The molecule has 1 saturated heterocycles.